The van der Waals surface area contributed by atoms with Crippen LogP contribution in [0.2, 0.25) is 0 Å². The van der Waals surface area contributed by atoms with Crippen molar-refractivity contribution in [3.63, 3.8) is 0 Å². The van der Waals surface area contributed by atoms with Crippen LogP contribution in [-0.4, -0.2) is 20.7 Å². The molecule has 0 aromatic rings. The zero-order chi connectivity index (χ0) is 17.5. The Balaban J connectivity index is 1.87. The monoisotopic (exact) mass is 373 g/mol. The second kappa shape index (κ2) is 6.63. The van der Waals surface area contributed by atoms with Gasteiger partial charge in [0.25, 0.3) is 0 Å². The van der Waals surface area contributed by atoms with Crippen LogP contribution in [0.5, 0.6) is 0 Å². The fourth-order valence-electron chi connectivity index (χ4n) is 3.14. The van der Waals surface area contributed by atoms with E-state index in [1.165, 1.54) is 0 Å². The molecule has 4 nitrogen and oxygen atoms in total. The van der Waals surface area contributed by atoms with Crippen LogP contribution in [0.1, 0.15) is 49.1 Å². The third-order valence-corrected chi connectivity index (χ3v) is 7.30. The van der Waals surface area contributed by atoms with Gasteiger partial charge in [0.15, 0.2) is 5.82 Å². The molecule has 3 aliphatic rings. The summed E-state index contributed by atoms with van der Waals surface area (Å²) in [4.78, 5) is 17.0. The number of hydrogen-bond donors (Lipinski definition) is 1. The number of nitrogens with zero attached hydrogens (tertiary/aromatic N) is 2. The van der Waals surface area contributed by atoms with Crippen molar-refractivity contribution in [2.75, 3.05) is 5.73 Å². The van der Waals surface area contributed by atoms with E-state index in [-0.39, 0.29) is 29.6 Å². The molecule has 0 amide bonds. The molecule has 0 unspecified atom stereocenters. The minimum absolute atomic E-state index is 0.0324. The van der Waals surface area contributed by atoms with Crippen LogP contribution in [-0.2, 0) is 0 Å². The first kappa shape index (κ1) is 17.7. The van der Waals surface area contributed by atoms with Crippen molar-refractivity contribution in [1.82, 2.24) is 9.55 Å². The molecule has 3 rings (SSSR count). The van der Waals surface area contributed by atoms with Crippen LogP contribution < -0.4 is 11.4 Å². The van der Waals surface area contributed by atoms with Gasteiger partial charge in [-0.2, -0.15) is 4.98 Å². The van der Waals surface area contributed by atoms with Gasteiger partial charge in [0, 0.05) is 28.7 Å². The van der Waals surface area contributed by atoms with Crippen LogP contribution in [0.25, 0.3) is 5.69 Å². The van der Waals surface area contributed by atoms with Gasteiger partial charge >= 0.3 is 5.69 Å². The predicted octanol–water partition coefficient (Wildman–Crippen LogP) is 4.38. The lowest BCUT2D eigenvalue weighted by atomic mass is 9.97. The average Bonchev–Trinajstić information content (AvgIpc) is 2.77. The van der Waals surface area contributed by atoms with Crippen LogP contribution in [0.4, 0.5) is 14.6 Å². The van der Waals surface area contributed by atoms with Gasteiger partial charge in [-0.25, -0.2) is 13.6 Å². The standard InChI is InChI=1S/C16H21F2N3OS2/c1-9-10(2)23-14(12-13(19)20-15(22)21(9)12)24-11-5-3-7-16(17,18)8-4-6-11/h11H,3-8H2,1-2H3,(H2,19,20,22). The summed E-state index contributed by atoms with van der Waals surface area (Å²) < 4.78 is 29.5. The lowest BCUT2D eigenvalue weighted by Crippen LogP contribution is -2.20. The minimum atomic E-state index is -2.51. The first-order chi connectivity index (χ1) is 11.3. The molecular formula is C16H21F2N3OS2. The topological polar surface area (TPSA) is 60.9 Å². The summed E-state index contributed by atoms with van der Waals surface area (Å²) in [7, 11) is 0. The van der Waals surface area contributed by atoms with Gasteiger partial charge in [-0.1, -0.05) is 0 Å². The number of aryl methyl sites for hydroxylation is 1. The normalized spacial score (nSPS) is 19.3. The molecule has 132 valence electrons. The van der Waals surface area contributed by atoms with Crippen LogP contribution >= 0.6 is 23.1 Å². The predicted molar refractivity (Wildman–Crippen MR) is 95.1 cm³/mol. The largest absolute Gasteiger partial charge is 0.382 e. The van der Waals surface area contributed by atoms with Crippen molar-refractivity contribution in [3.05, 3.63) is 21.1 Å². The Morgan fingerprint density at radius 2 is 1.92 bits per heavy atom. The molecule has 0 bridgehead atoms. The number of halogens is 2. The van der Waals surface area contributed by atoms with Gasteiger partial charge in [0.05, 0.1) is 4.21 Å². The molecular weight excluding hydrogens is 352 g/mol. The van der Waals surface area contributed by atoms with Gasteiger partial charge in [-0.15, -0.1) is 23.1 Å². The molecule has 0 spiro atoms. The second-order valence-electron chi connectivity index (χ2n) is 6.38. The van der Waals surface area contributed by atoms with E-state index in [1.54, 1.807) is 27.7 Å². The number of nitrogen functional groups attached to an aromatic ring is 1. The van der Waals surface area contributed by atoms with E-state index >= 15 is 0 Å². The van der Waals surface area contributed by atoms with Crippen molar-refractivity contribution in [2.45, 2.75) is 67.8 Å². The maximum absolute atomic E-state index is 13.5. The number of anilines is 1. The second-order valence-corrected chi connectivity index (χ2v) is 9.17. The van der Waals surface area contributed by atoms with Crippen LogP contribution in [0.3, 0.4) is 0 Å². The van der Waals surface area contributed by atoms with Gasteiger partial charge < -0.3 is 5.73 Å². The molecule has 2 heterocycles. The summed E-state index contributed by atoms with van der Waals surface area (Å²) >= 11 is 3.26. The van der Waals surface area contributed by atoms with Crippen molar-refractivity contribution in [3.8, 4) is 5.69 Å². The summed E-state index contributed by atoms with van der Waals surface area (Å²) in [5.41, 5.74) is 7.13. The molecule has 2 aliphatic heterocycles. The van der Waals surface area contributed by atoms with Gasteiger partial charge in [0.1, 0.15) is 5.69 Å². The summed E-state index contributed by atoms with van der Waals surface area (Å²) in [6, 6.07) is 0. The summed E-state index contributed by atoms with van der Waals surface area (Å²) in [5.74, 6) is -2.27. The van der Waals surface area contributed by atoms with E-state index in [1.807, 2.05) is 13.8 Å². The molecule has 2 N–H and O–H groups in total. The molecule has 0 aromatic carbocycles. The highest BCUT2D eigenvalue weighted by molar-refractivity contribution is 8.01. The molecule has 1 fully saturated rings. The van der Waals surface area contributed by atoms with Gasteiger partial charge in [-0.05, 0) is 39.5 Å². The van der Waals surface area contributed by atoms with Gasteiger partial charge in [0.2, 0.25) is 5.92 Å². The number of aromatic nitrogens is 2. The number of hydrogen-bond acceptors (Lipinski definition) is 5. The SMILES string of the molecule is Cc1sc(SC2CCCC(F)(F)CCC2)c2c(N)nc(=O)n-2c1C. The molecule has 0 radical (unpaired) electrons. The molecule has 1 aliphatic carbocycles. The summed E-state index contributed by atoms with van der Waals surface area (Å²) in [6.07, 6.45) is 2.50. The number of nitrogens with two attached hydrogens (primary N) is 1. The Bertz CT molecular complexity index is 760. The number of rotatable bonds is 2. The lowest BCUT2D eigenvalue weighted by Gasteiger charge is -2.25. The smallest absolute Gasteiger partial charge is 0.354 e. The number of thioether (sulfide) groups is 1. The Hall–Kier alpha value is -1.15. The van der Waals surface area contributed by atoms with Crippen molar-refractivity contribution in [1.29, 1.82) is 0 Å². The van der Waals surface area contributed by atoms with E-state index in [0.717, 1.165) is 27.6 Å². The quantitative estimate of drug-likeness (QED) is 0.848. The lowest BCUT2D eigenvalue weighted by molar-refractivity contribution is -0.0235. The maximum atomic E-state index is 13.5. The Morgan fingerprint density at radius 3 is 2.54 bits per heavy atom. The zero-order valence-electron chi connectivity index (χ0n) is 13.8. The molecule has 0 atom stereocenters. The maximum Gasteiger partial charge on any atom is 0.354 e. The first-order valence-electron chi connectivity index (χ1n) is 8.11. The molecule has 8 heteroatoms. The van der Waals surface area contributed by atoms with Crippen molar-refractivity contribution < 1.29 is 8.78 Å². The van der Waals surface area contributed by atoms with Crippen molar-refractivity contribution >= 4 is 28.9 Å². The highest BCUT2D eigenvalue weighted by Gasteiger charge is 2.31. The molecule has 1 saturated carbocycles. The minimum Gasteiger partial charge on any atom is -0.382 e. The third-order valence-electron chi connectivity index (χ3n) is 4.57. The van der Waals surface area contributed by atoms with Crippen molar-refractivity contribution in [2.24, 2.45) is 0 Å². The number of imidazole rings is 1. The summed E-state index contributed by atoms with van der Waals surface area (Å²) in [5, 5.41) is 0.271. The van der Waals surface area contributed by atoms with E-state index in [2.05, 4.69) is 4.98 Å². The molecule has 0 saturated heterocycles. The van der Waals surface area contributed by atoms with Gasteiger partial charge in [-0.3, -0.25) is 4.57 Å². The van der Waals surface area contributed by atoms with E-state index in [9.17, 15) is 13.6 Å². The molecule has 0 aromatic heterocycles. The Labute approximate surface area is 147 Å². The first-order valence-corrected chi connectivity index (χ1v) is 9.81. The highest BCUT2D eigenvalue weighted by atomic mass is 32.2. The fraction of sp³-hybridized carbons (Fsp3) is 0.625. The summed E-state index contributed by atoms with van der Waals surface area (Å²) in [6.45, 7) is 3.85. The van der Waals surface area contributed by atoms with E-state index < -0.39 is 5.92 Å². The van der Waals surface area contributed by atoms with E-state index in [0.29, 0.717) is 18.5 Å². The number of alkyl halides is 2. The Kier molecular flexibility index (Phi) is 4.88. The Morgan fingerprint density at radius 1 is 1.29 bits per heavy atom. The van der Waals surface area contributed by atoms with Crippen LogP contribution in [0, 0.1) is 13.8 Å². The molecule has 24 heavy (non-hydrogen) atoms. The van der Waals surface area contributed by atoms with E-state index in [4.69, 9.17) is 5.73 Å². The fourth-order valence-corrected chi connectivity index (χ4v) is 6.10. The highest BCUT2D eigenvalue weighted by Crippen LogP contribution is 2.43. The number of fused-ring (bicyclic) bond motifs is 1. The zero-order valence-corrected chi connectivity index (χ0v) is 15.4. The third kappa shape index (κ3) is 3.44. The average molecular weight is 373 g/mol. The van der Waals surface area contributed by atoms with Crippen LogP contribution in [0.15, 0.2) is 9.00 Å².